The minimum Gasteiger partial charge on any atom is -0.360 e. The maximum absolute atomic E-state index is 14.1. The second kappa shape index (κ2) is 6.92. The van der Waals surface area contributed by atoms with Crippen LogP contribution in [0.15, 0.2) is 18.2 Å². The highest BCUT2D eigenvalue weighted by molar-refractivity contribution is 5.49. The van der Waals surface area contributed by atoms with Gasteiger partial charge >= 0.3 is 6.18 Å². The molecule has 0 aliphatic rings. The lowest BCUT2D eigenvalue weighted by molar-refractivity contribution is -0.119. The van der Waals surface area contributed by atoms with Crippen molar-refractivity contribution in [3.63, 3.8) is 0 Å². The summed E-state index contributed by atoms with van der Waals surface area (Å²) in [7, 11) is 1.74. The molecule has 0 aliphatic heterocycles. The molecular weight excluding hydrogens is 272 g/mol. The normalized spacial score (nSPS) is 13.3. The summed E-state index contributed by atoms with van der Waals surface area (Å²) in [4.78, 5) is 1.03. The van der Waals surface area contributed by atoms with Crippen molar-refractivity contribution in [1.82, 2.24) is 5.32 Å². The maximum Gasteiger partial charge on any atom is 0.405 e. The number of anilines is 1. The lowest BCUT2D eigenvalue weighted by Gasteiger charge is -2.26. The molecule has 0 saturated heterocycles. The van der Waals surface area contributed by atoms with Gasteiger partial charge in [0.2, 0.25) is 0 Å². The zero-order valence-corrected chi connectivity index (χ0v) is 11.9. The van der Waals surface area contributed by atoms with Crippen molar-refractivity contribution in [2.24, 2.45) is 0 Å². The number of hydrogen-bond acceptors (Lipinski definition) is 2. The second-order valence-corrected chi connectivity index (χ2v) is 4.76. The fourth-order valence-corrected chi connectivity index (χ4v) is 1.99. The van der Waals surface area contributed by atoms with Crippen LogP contribution in [0.2, 0.25) is 0 Å². The Bertz CT molecular complexity index is 432. The van der Waals surface area contributed by atoms with Crippen LogP contribution in [-0.2, 0) is 0 Å². The molecule has 1 aromatic rings. The predicted octanol–water partition coefficient (Wildman–Crippen LogP) is 3.88. The highest BCUT2D eigenvalue weighted by atomic mass is 19.4. The quantitative estimate of drug-likeness (QED) is 0.800. The van der Waals surface area contributed by atoms with Gasteiger partial charge in [-0.2, -0.15) is 13.2 Å². The molecule has 1 aromatic carbocycles. The summed E-state index contributed by atoms with van der Waals surface area (Å²) in [5.41, 5.74) is 0.702. The van der Waals surface area contributed by atoms with Gasteiger partial charge < -0.3 is 10.2 Å². The third kappa shape index (κ3) is 4.67. The van der Waals surface area contributed by atoms with Gasteiger partial charge in [-0.25, -0.2) is 4.39 Å². The number of hydrogen-bond donors (Lipinski definition) is 1. The first-order chi connectivity index (χ1) is 9.28. The molecule has 0 saturated carbocycles. The van der Waals surface area contributed by atoms with Gasteiger partial charge in [-0.05, 0) is 38.1 Å². The van der Waals surface area contributed by atoms with Crippen molar-refractivity contribution in [2.45, 2.75) is 32.5 Å². The van der Waals surface area contributed by atoms with E-state index >= 15 is 0 Å². The number of benzene rings is 1. The van der Waals surface area contributed by atoms with Gasteiger partial charge in [0.15, 0.2) is 0 Å². The van der Waals surface area contributed by atoms with Crippen LogP contribution in [0, 0.1) is 5.82 Å². The molecule has 1 rings (SSSR count). The van der Waals surface area contributed by atoms with E-state index in [1.165, 1.54) is 12.1 Å². The molecule has 20 heavy (non-hydrogen) atoms. The Morgan fingerprint density at radius 3 is 2.40 bits per heavy atom. The van der Waals surface area contributed by atoms with Gasteiger partial charge in [0.25, 0.3) is 0 Å². The molecule has 0 radical (unpaired) electrons. The minimum absolute atomic E-state index is 0.00349. The average Bonchev–Trinajstić information content (AvgIpc) is 2.35. The smallest absolute Gasteiger partial charge is 0.360 e. The number of nitrogens with one attached hydrogen (secondary N) is 1. The Balaban J connectivity index is 3.02. The third-order valence-electron chi connectivity index (χ3n) is 3.11. The third-order valence-corrected chi connectivity index (χ3v) is 3.11. The largest absolute Gasteiger partial charge is 0.405 e. The first-order valence-corrected chi connectivity index (χ1v) is 6.57. The van der Waals surface area contributed by atoms with Crippen LogP contribution < -0.4 is 10.2 Å². The predicted molar refractivity (Wildman–Crippen MR) is 72.4 cm³/mol. The monoisotopic (exact) mass is 292 g/mol. The number of nitrogens with zero attached hydrogens (tertiary/aromatic N) is 1. The molecule has 0 aromatic heterocycles. The molecule has 2 nitrogen and oxygen atoms in total. The Hall–Kier alpha value is -1.30. The molecule has 0 aliphatic carbocycles. The van der Waals surface area contributed by atoms with E-state index in [4.69, 9.17) is 0 Å². The standard InChI is InChI=1S/C14H20F4N2/c1-4-7-20(9-14(16,17)18)13-6-5-11(8-12(13)15)10(2)19-3/h5-6,8,10,19H,4,7,9H2,1-3H3. The fourth-order valence-electron chi connectivity index (χ4n) is 1.99. The first kappa shape index (κ1) is 16.8. The van der Waals surface area contributed by atoms with Gasteiger partial charge in [-0.3, -0.25) is 0 Å². The summed E-state index contributed by atoms with van der Waals surface area (Å²) in [5.74, 6) is -0.623. The van der Waals surface area contributed by atoms with Crippen molar-refractivity contribution in [1.29, 1.82) is 0 Å². The van der Waals surface area contributed by atoms with Crippen molar-refractivity contribution < 1.29 is 17.6 Å². The van der Waals surface area contributed by atoms with Gasteiger partial charge in [-0.1, -0.05) is 13.0 Å². The lowest BCUT2D eigenvalue weighted by Crippen LogP contribution is -2.35. The van der Waals surface area contributed by atoms with E-state index in [9.17, 15) is 17.6 Å². The van der Waals surface area contributed by atoms with Crippen molar-refractivity contribution in [2.75, 3.05) is 25.0 Å². The van der Waals surface area contributed by atoms with Crippen molar-refractivity contribution in [3.8, 4) is 0 Å². The van der Waals surface area contributed by atoms with Crippen molar-refractivity contribution in [3.05, 3.63) is 29.6 Å². The van der Waals surface area contributed by atoms with Gasteiger partial charge in [-0.15, -0.1) is 0 Å². The minimum atomic E-state index is -4.35. The van der Waals surface area contributed by atoms with E-state index in [1.54, 1.807) is 20.0 Å². The van der Waals surface area contributed by atoms with Crippen molar-refractivity contribution >= 4 is 5.69 Å². The summed E-state index contributed by atoms with van der Waals surface area (Å²) in [6.07, 6.45) is -3.83. The molecule has 6 heteroatoms. The summed E-state index contributed by atoms with van der Waals surface area (Å²) < 4.78 is 51.7. The van der Waals surface area contributed by atoms with Crippen LogP contribution in [0.4, 0.5) is 23.2 Å². The fraction of sp³-hybridized carbons (Fsp3) is 0.571. The summed E-state index contributed by atoms with van der Waals surface area (Å²) in [6.45, 7) is 2.64. The van der Waals surface area contributed by atoms with Crippen LogP contribution in [0.3, 0.4) is 0 Å². The van der Waals surface area contributed by atoms with Gasteiger partial charge in [0, 0.05) is 12.6 Å². The lowest BCUT2D eigenvalue weighted by atomic mass is 10.1. The van der Waals surface area contributed by atoms with Crippen LogP contribution in [0.25, 0.3) is 0 Å². The van der Waals surface area contributed by atoms with Crippen LogP contribution in [0.5, 0.6) is 0 Å². The maximum atomic E-state index is 14.1. The van der Waals surface area contributed by atoms with Crippen LogP contribution in [-0.4, -0.2) is 26.3 Å². The van der Waals surface area contributed by atoms with E-state index in [2.05, 4.69) is 5.32 Å². The molecule has 114 valence electrons. The zero-order chi connectivity index (χ0) is 15.3. The van der Waals surface area contributed by atoms with E-state index in [0.29, 0.717) is 12.0 Å². The molecule has 0 bridgehead atoms. The number of alkyl halides is 3. The van der Waals surface area contributed by atoms with Crippen LogP contribution in [0.1, 0.15) is 31.9 Å². The summed E-state index contributed by atoms with van der Waals surface area (Å²) >= 11 is 0. The SMILES string of the molecule is CCCN(CC(F)(F)F)c1ccc(C(C)NC)cc1F. The highest BCUT2D eigenvalue weighted by Crippen LogP contribution is 2.27. The average molecular weight is 292 g/mol. The van der Waals surface area contributed by atoms with E-state index < -0.39 is 18.5 Å². The molecule has 1 unspecified atom stereocenters. The molecule has 1 N–H and O–H groups in total. The Labute approximate surface area is 116 Å². The molecule has 0 spiro atoms. The highest BCUT2D eigenvalue weighted by Gasteiger charge is 2.31. The van der Waals surface area contributed by atoms with E-state index in [1.807, 2.05) is 6.92 Å². The Kier molecular flexibility index (Phi) is 5.80. The first-order valence-electron chi connectivity index (χ1n) is 6.57. The number of rotatable bonds is 6. The topological polar surface area (TPSA) is 15.3 Å². The Morgan fingerprint density at radius 2 is 1.95 bits per heavy atom. The molecule has 0 heterocycles. The summed E-state index contributed by atoms with van der Waals surface area (Å²) in [6, 6.07) is 4.30. The molecular formula is C14H20F4N2. The van der Waals surface area contributed by atoms with Crippen LogP contribution >= 0.6 is 0 Å². The summed E-state index contributed by atoms with van der Waals surface area (Å²) in [5, 5.41) is 2.96. The zero-order valence-electron chi connectivity index (χ0n) is 11.9. The van der Waals surface area contributed by atoms with Gasteiger partial charge in [0.05, 0.1) is 5.69 Å². The molecule has 1 atom stereocenters. The Morgan fingerprint density at radius 1 is 1.30 bits per heavy atom. The molecule has 0 fully saturated rings. The van der Waals surface area contributed by atoms with Gasteiger partial charge in [0.1, 0.15) is 12.4 Å². The van der Waals surface area contributed by atoms with E-state index in [-0.39, 0.29) is 18.3 Å². The number of halogens is 4. The molecule has 0 amide bonds. The second-order valence-electron chi connectivity index (χ2n) is 4.76. The van der Waals surface area contributed by atoms with E-state index in [0.717, 1.165) is 4.90 Å².